The minimum absolute atomic E-state index is 0.168. The van der Waals surface area contributed by atoms with Gasteiger partial charge in [0, 0.05) is 45.1 Å². The molecule has 0 atom stereocenters. The number of nitrogens with zero attached hydrogens (tertiary/aromatic N) is 5. The maximum absolute atomic E-state index is 5.79. The molecule has 150 valence electrons. The molecule has 28 heavy (non-hydrogen) atoms. The normalized spacial score (nSPS) is 15.1. The van der Waals surface area contributed by atoms with Crippen LogP contribution in [0.1, 0.15) is 26.3 Å². The molecule has 1 saturated heterocycles. The first-order chi connectivity index (χ1) is 13.7. The summed E-state index contributed by atoms with van der Waals surface area (Å²) >= 11 is 0. The van der Waals surface area contributed by atoms with Crippen molar-refractivity contribution in [2.45, 2.75) is 33.4 Å². The summed E-state index contributed by atoms with van der Waals surface area (Å²) in [5, 5.41) is 3.42. The number of aromatic nitrogens is 2. The first kappa shape index (κ1) is 19.9. The van der Waals surface area contributed by atoms with Crippen molar-refractivity contribution in [3.63, 3.8) is 0 Å². The Labute approximate surface area is 167 Å². The van der Waals surface area contributed by atoms with Gasteiger partial charge < -0.3 is 19.9 Å². The minimum atomic E-state index is 0.168. The zero-order valence-electron chi connectivity index (χ0n) is 17.0. The number of rotatable bonds is 6. The van der Waals surface area contributed by atoms with Gasteiger partial charge in [0.1, 0.15) is 5.75 Å². The highest BCUT2D eigenvalue weighted by Crippen LogP contribution is 2.16. The Morgan fingerprint density at radius 2 is 1.89 bits per heavy atom. The van der Waals surface area contributed by atoms with E-state index in [9.17, 15) is 0 Å². The summed E-state index contributed by atoms with van der Waals surface area (Å²) in [7, 11) is 0. The lowest BCUT2D eigenvalue weighted by Crippen LogP contribution is -2.52. The molecule has 2 aromatic rings. The van der Waals surface area contributed by atoms with Gasteiger partial charge in [-0.1, -0.05) is 12.1 Å². The number of nitrogens with one attached hydrogen (secondary N) is 1. The van der Waals surface area contributed by atoms with Crippen LogP contribution in [0.4, 0.5) is 5.95 Å². The predicted molar refractivity (Wildman–Crippen MR) is 113 cm³/mol. The van der Waals surface area contributed by atoms with Crippen LogP contribution >= 0.6 is 0 Å². The van der Waals surface area contributed by atoms with Gasteiger partial charge in [0.25, 0.3) is 0 Å². The first-order valence-corrected chi connectivity index (χ1v) is 9.96. The highest BCUT2D eigenvalue weighted by molar-refractivity contribution is 5.80. The minimum Gasteiger partial charge on any atom is -0.491 e. The smallest absolute Gasteiger partial charge is 0.225 e. The SMILES string of the molecule is CCNC(=NCc1cccc(OC(C)C)c1)N1CCN(c2ncccn2)CC1. The Bertz CT molecular complexity index is 757. The molecule has 0 unspecified atom stereocenters. The van der Waals surface area contributed by atoms with Crippen molar-refractivity contribution >= 4 is 11.9 Å². The van der Waals surface area contributed by atoms with Crippen molar-refractivity contribution in [2.24, 2.45) is 4.99 Å². The first-order valence-electron chi connectivity index (χ1n) is 9.96. The maximum atomic E-state index is 5.79. The van der Waals surface area contributed by atoms with Crippen LogP contribution in [-0.4, -0.2) is 59.7 Å². The van der Waals surface area contributed by atoms with Crippen LogP contribution in [0.3, 0.4) is 0 Å². The summed E-state index contributed by atoms with van der Waals surface area (Å²) in [5.74, 6) is 2.64. The number of hydrogen-bond acceptors (Lipinski definition) is 5. The number of anilines is 1. The van der Waals surface area contributed by atoms with Crippen LogP contribution in [0, 0.1) is 0 Å². The molecule has 1 N–H and O–H groups in total. The number of benzene rings is 1. The Hall–Kier alpha value is -2.83. The fraction of sp³-hybridized carbons (Fsp3) is 0.476. The molecule has 1 aliphatic heterocycles. The lowest BCUT2D eigenvalue weighted by Gasteiger charge is -2.36. The van der Waals surface area contributed by atoms with Gasteiger partial charge in [0.05, 0.1) is 12.6 Å². The second kappa shape index (κ2) is 9.92. The van der Waals surface area contributed by atoms with Crippen molar-refractivity contribution in [3.8, 4) is 5.75 Å². The summed E-state index contributed by atoms with van der Waals surface area (Å²) in [5.41, 5.74) is 1.14. The third-order valence-corrected chi connectivity index (χ3v) is 4.43. The van der Waals surface area contributed by atoms with Crippen LogP contribution in [0.5, 0.6) is 5.75 Å². The van der Waals surface area contributed by atoms with Gasteiger partial charge in [-0.25, -0.2) is 15.0 Å². The Morgan fingerprint density at radius 3 is 2.57 bits per heavy atom. The summed E-state index contributed by atoms with van der Waals surface area (Å²) < 4.78 is 5.79. The molecule has 0 amide bonds. The molecule has 1 aliphatic rings. The average molecular weight is 383 g/mol. The lowest BCUT2D eigenvalue weighted by molar-refractivity contribution is 0.242. The molecule has 3 rings (SSSR count). The van der Waals surface area contributed by atoms with Crippen LogP contribution in [-0.2, 0) is 6.54 Å². The fourth-order valence-corrected chi connectivity index (χ4v) is 3.15. The highest BCUT2D eigenvalue weighted by Gasteiger charge is 2.21. The quantitative estimate of drug-likeness (QED) is 0.612. The molecule has 0 bridgehead atoms. The summed E-state index contributed by atoms with van der Waals surface area (Å²) in [6.07, 6.45) is 3.75. The van der Waals surface area contributed by atoms with Crippen LogP contribution in [0.2, 0.25) is 0 Å². The molecule has 1 aromatic carbocycles. The van der Waals surface area contributed by atoms with E-state index < -0.39 is 0 Å². The van der Waals surface area contributed by atoms with Gasteiger partial charge in [-0.2, -0.15) is 0 Å². The molecular weight excluding hydrogens is 352 g/mol. The molecule has 1 aromatic heterocycles. The zero-order chi connectivity index (χ0) is 19.8. The van der Waals surface area contributed by atoms with E-state index in [0.717, 1.165) is 55.9 Å². The van der Waals surface area contributed by atoms with Crippen molar-refractivity contribution in [3.05, 3.63) is 48.3 Å². The Morgan fingerprint density at radius 1 is 1.14 bits per heavy atom. The molecule has 7 nitrogen and oxygen atoms in total. The van der Waals surface area contributed by atoms with Crippen molar-refractivity contribution in [2.75, 3.05) is 37.6 Å². The number of piperazine rings is 1. The molecule has 0 spiro atoms. The lowest BCUT2D eigenvalue weighted by atomic mass is 10.2. The Balaban J connectivity index is 1.62. The number of aliphatic imine (C=N–C) groups is 1. The molecule has 0 saturated carbocycles. The molecule has 0 radical (unpaired) electrons. The number of hydrogen-bond donors (Lipinski definition) is 1. The van der Waals surface area contributed by atoms with Crippen molar-refractivity contribution in [1.82, 2.24) is 20.2 Å². The molecule has 1 fully saturated rings. The van der Waals surface area contributed by atoms with E-state index in [-0.39, 0.29) is 6.10 Å². The topological polar surface area (TPSA) is 65.9 Å². The van der Waals surface area contributed by atoms with Crippen LogP contribution < -0.4 is 15.0 Å². The van der Waals surface area contributed by atoms with Crippen molar-refractivity contribution < 1.29 is 4.74 Å². The third-order valence-electron chi connectivity index (χ3n) is 4.43. The van der Waals surface area contributed by atoms with Gasteiger partial charge in [-0.3, -0.25) is 0 Å². The van der Waals surface area contributed by atoms with Crippen LogP contribution in [0.25, 0.3) is 0 Å². The van der Waals surface area contributed by atoms with E-state index >= 15 is 0 Å². The van der Waals surface area contributed by atoms with Crippen molar-refractivity contribution in [1.29, 1.82) is 0 Å². The second-order valence-corrected chi connectivity index (χ2v) is 7.01. The van der Waals surface area contributed by atoms with E-state index in [0.29, 0.717) is 6.54 Å². The fourth-order valence-electron chi connectivity index (χ4n) is 3.15. The average Bonchev–Trinajstić information content (AvgIpc) is 2.72. The molecular formula is C21H30N6O. The van der Waals surface area contributed by atoms with E-state index in [1.54, 1.807) is 12.4 Å². The van der Waals surface area contributed by atoms with Gasteiger partial charge in [0.2, 0.25) is 5.95 Å². The second-order valence-electron chi connectivity index (χ2n) is 7.01. The van der Waals surface area contributed by atoms with Gasteiger partial charge in [-0.05, 0) is 44.5 Å². The third kappa shape index (κ3) is 5.58. The number of ether oxygens (including phenoxy) is 1. The maximum Gasteiger partial charge on any atom is 0.225 e. The molecule has 7 heteroatoms. The highest BCUT2D eigenvalue weighted by atomic mass is 16.5. The van der Waals surface area contributed by atoms with Gasteiger partial charge >= 0.3 is 0 Å². The van der Waals surface area contributed by atoms with E-state index in [1.165, 1.54) is 0 Å². The molecule has 0 aliphatic carbocycles. The summed E-state index contributed by atoms with van der Waals surface area (Å²) in [4.78, 5) is 18.1. The largest absolute Gasteiger partial charge is 0.491 e. The van der Waals surface area contributed by atoms with Gasteiger partial charge in [0.15, 0.2) is 5.96 Å². The monoisotopic (exact) mass is 382 g/mol. The Kier molecular flexibility index (Phi) is 7.06. The van der Waals surface area contributed by atoms with Crippen LogP contribution in [0.15, 0.2) is 47.7 Å². The molecule has 2 heterocycles. The van der Waals surface area contributed by atoms with E-state index in [4.69, 9.17) is 9.73 Å². The predicted octanol–water partition coefficient (Wildman–Crippen LogP) is 2.55. The number of guanidine groups is 1. The van der Waals surface area contributed by atoms with Gasteiger partial charge in [-0.15, -0.1) is 0 Å². The zero-order valence-corrected chi connectivity index (χ0v) is 17.0. The van der Waals surface area contributed by atoms with E-state index in [2.05, 4.69) is 44.1 Å². The van der Waals surface area contributed by atoms with E-state index in [1.807, 2.05) is 32.0 Å². The standard InChI is InChI=1S/C21H30N6O/c1-4-22-20(25-16-18-7-5-8-19(15-18)28-17(2)3)26-11-13-27(14-12-26)21-23-9-6-10-24-21/h5-10,15,17H,4,11-14,16H2,1-3H3,(H,22,25). The summed E-state index contributed by atoms with van der Waals surface area (Å²) in [6.45, 7) is 11.2. The summed E-state index contributed by atoms with van der Waals surface area (Å²) in [6, 6.07) is 10.0.